The molecule has 0 N–H and O–H groups in total. The summed E-state index contributed by atoms with van der Waals surface area (Å²) in [6.07, 6.45) is 0.679. The number of carbonyl (C=O) groups excluding carboxylic acids is 1. The third-order valence-electron chi connectivity index (χ3n) is 4.80. The van der Waals surface area contributed by atoms with Crippen LogP contribution in [0.2, 0.25) is 5.02 Å². The number of ether oxygens (including phenoxy) is 2. The van der Waals surface area contributed by atoms with Crippen molar-refractivity contribution >= 4 is 17.5 Å². The summed E-state index contributed by atoms with van der Waals surface area (Å²) in [5.74, 6) is 1.84. The number of benzene rings is 2. The molecule has 0 fully saturated rings. The van der Waals surface area contributed by atoms with Gasteiger partial charge in [0.15, 0.2) is 23.9 Å². The first-order valence-corrected chi connectivity index (χ1v) is 9.89. The van der Waals surface area contributed by atoms with Crippen LogP contribution in [0.3, 0.4) is 0 Å². The number of halogens is 1. The Morgan fingerprint density at radius 1 is 1.14 bits per heavy atom. The van der Waals surface area contributed by atoms with Crippen molar-refractivity contribution in [1.29, 1.82) is 0 Å². The number of hydrogen-bond acceptors (Lipinski definition) is 5. The van der Waals surface area contributed by atoms with Gasteiger partial charge in [0.1, 0.15) is 5.69 Å². The molecule has 0 atom stereocenters. The number of fused-ring (bicyclic) bond motifs is 1. The van der Waals surface area contributed by atoms with Crippen LogP contribution in [0.5, 0.6) is 11.5 Å². The normalized spacial score (nSPS) is 13.1. The Bertz CT molecular complexity index is 1000. The van der Waals surface area contributed by atoms with Gasteiger partial charge in [-0.1, -0.05) is 28.9 Å². The van der Waals surface area contributed by atoms with E-state index in [1.54, 1.807) is 11.0 Å². The molecule has 0 unspecified atom stereocenters. The lowest BCUT2D eigenvalue weighted by molar-refractivity contribution is -0.134. The fraction of sp³-hybridized carbons (Fsp3) is 0.273. The fourth-order valence-electron chi connectivity index (χ4n) is 3.35. The van der Waals surface area contributed by atoms with Crippen molar-refractivity contribution in [3.05, 3.63) is 64.8 Å². The molecular formula is C22H21ClN2O4. The number of amides is 1. The van der Waals surface area contributed by atoms with Gasteiger partial charge < -0.3 is 18.9 Å². The number of aromatic nitrogens is 1. The molecule has 3 aromatic rings. The van der Waals surface area contributed by atoms with Gasteiger partial charge in [-0.25, -0.2) is 0 Å². The topological polar surface area (TPSA) is 64.8 Å². The van der Waals surface area contributed by atoms with Gasteiger partial charge in [-0.15, -0.1) is 0 Å². The molecule has 0 radical (unpaired) electrons. The van der Waals surface area contributed by atoms with Crippen LogP contribution < -0.4 is 9.47 Å². The Morgan fingerprint density at radius 2 is 1.86 bits per heavy atom. The second kappa shape index (κ2) is 8.57. The molecule has 4 rings (SSSR count). The zero-order valence-electron chi connectivity index (χ0n) is 16.1. The molecule has 2 aromatic carbocycles. The van der Waals surface area contributed by atoms with Crippen LogP contribution in [0.15, 0.2) is 53.1 Å². The Labute approximate surface area is 174 Å². The van der Waals surface area contributed by atoms with E-state index in [1.165, 1.54) is 0 Å². The van der Waals surface area contributed by atoms with Gasteiger partial charge >= 0.3 is 0 Å². The quantitative estimate of drug-likeness (QED) is 0.602. The minimum atomic E-state index is -0.0991. The SMILES string of the molecule is CCOc1ccccc1OCC(=O)N1CCc2c(noc2-c2ccc(Cl)cc2)C1. The molecule has 1 aliphatic heterocycles. The molecule has 1 aliphatic rings. The van der Waals surface area contributed by atoms with Crippen LogP contribution in [-0.4, -0.2) is 35.7 Å². The molecule has 1 aromatic heterocycles. The summed E-state index contributed by atoms with van der Waals surface area (Å²) in [5.41, 5.74) is 2.75. The molecule has 6 nitrogen and oxygen atoms in total. The van der Waals surface area contributed by atoms with E-state index in [0.29, 0.717) is 42.6 Å². The maximum absolute atomic E-state index is 12.7. The highest BCUT2D eigenvalue weighted by molar-refractivity contribution is 6.30. The summed E-state index contributed by atoms with van der Waals surface area (Å²) in [6, 6.07) is 14.8. The van der Waals surface area contributed by atoms with E-state index < -0.39 is 0 Å². The number of carbonyl (C=O) groups is 1. The molecule has 1 amide bonds. The maximum Gasteiger partial charge on any atom is 0.260 e. The van der Waals surface area contributed by atoms with Crippen molar-refractivity contribution in [1.82, 2.24) is 10.1 Å². The van der Waals surface area contributed by atoms with Crippen LogP contribution >= 0.6 is 11.6 Å². The zero-order chi connectivity index (χ0) is 20.2. The van der Waals surface area contributed by atoms with Crippen LogP contribution in [-0.2, 0) is 17.8 Å². The van der Waals surface area contributed by atoms with Crippen molar-refractivity contribution in [2.45, 2.75) is 19.9 Å². The van der Waals surface area contributed by atoms with Gasteiger partial charge in [0.2, 0.25) is 0 Å². The van der Waals surface area contributed by atoms with Gasteiger partial charge in [0, 0.05) is 22.7 Å². The Hall–Kier alpha value is -2.99. The largest absolute Gasteiger partial charge is 0.490 e. The maximum atomic E-state index is 12.7. The van der Waals surface area contributed by atoms with Crippen LogP contribution in [0, 0.1) is 0 Å². The predicted molar refractivity (Wildman–Crippen MR) is 109 cm³/mol. The monoisotopic (exact) mass is 412 g/mol. The van der Waals surface area contributed by atoms with Crippen molar-refractivity contribution in [2.75, 3.05) is 19.8 Å². The van der Waals surface area contributed by atoms with E-state index in [0.717, 1.165) is 22.6 Å². The molecule has 0 aliphatic carbocycles. The van der Waals surface area contributed by atoms with Gasteiger partial charge in [-0.3, -0.25) is 4.79 Å². The third kappa shape index (κ3) is 4.22. The van der Waals surface area contributed by atoms with Gasteiger partial charge in [-0.05, 0) is 49.7 Å². The molecule has 7 heteroatoms. The Morgan fingerprint density at radius 3 is 2.59 bits per heavy atom. The molecule has 0 bridgehead atoms. The fourth-order valence-corrected chi connectivity index (χ4v) is 3.47. The van der Waals surface area contributed by atoms with E-state index in [-0.39, 0.29) is 12.5 Å². The lowest BCUT2D eigenvalue weighted by atomic mass is 10.0. The van der Waals surface area contributed by atoms with Gasteiger partial charge in [0.25, 0.3) is 5.91 Å². The van der Waals surface area contributed by atoms with Crippen molar-refractivity contribution in [3.63, 3.8) is 0 Å². The summed E-state index contributed by atoms with van der Waals surface area (Å²) in [4.78, 5) is 14.4. The molecular weight excluding hydrogens is 392 g/mol. The summed E-state index contributed by atoms with van der Waals surface area (Å²) in [6.45, 7) is 3.38. The average molecular weight is 413 g/mol. The van der Waals surface area contributed by atoms with E-state index in [4.69, 9.17) is 25.6 Å². The minimum Gasteiger partial charge on any atom is -0.490 e. The zero-order valence-corrected chi connectivity index (χ0v) is 16.8. The number of hydrogen-bond donors (Lipinski definition) is 0. The molecule has 29 heavy (non-hydrogen) atoms. The van der Waals surface area contributed by atoms with E-state index in [9.17, 15) is 4.79 Å². The van der Waals surface area contributed by atoms with E-state index in [2.05, 4.69) is 5.16 Å². The van der Waals surface area contributed by atoms with Crippen molar-refractivity contribution < 1.29 is 18.8 Å². The minimum absolute atomic E-state index is 0.0543. The first-order chi connectivity index (χ1) is 14.2. The van der Waals surface area contributed by atoms with Crippen LogP contribution in [0.1, 0.15) is 18.2 Å². The Balaban J connectivity index is 1.41. The highest BCUT2D eigenvalue weighted by atomic mass is 35.5. The highest BCUT2D eigenvalue weighted by Crippen LogP contribution is 2.31. The van der Waals surface area contributed by atoms with Crippen molar-refractivity contribution in [3.8, 4) is 22.8 Å². The average Bonchev–Trinajstić information content (AvgIpc) is 3.17. The number of nitrogens with zero attached hydrogens (tertiary/aromatic N) is 2. The van der Waals surface area contributed by atoms with Crippen LogP contribution in [0.25, 0.3) is 11.3 Å². The second-order valence-electron chi connectivity index (χ2n) is 6.68. The summed E-state index contributed by atoms with van der Waals surface area (Å²) in [5, 5.41) is 4.85. The molecule has 0 saturated carbocycles. The van der Waals surface area contributed by atoms with Crippen LogP contribution in [0.4, 0.5) is 0 Å². The van der Waals surface area contributed by atoms with E-state index >= 15 is 0 Å². The number of rotatable bonds is 6. The third-order valence-corrected chi connectivity index (χ3v) is 5.05. The first kappa shape index (κ1) is 19.3. The summed E-state index contributed by atoms with van der Waals surface area (Å²) >= 11 is 5.96. The summed E-state index contributed by atoms with van der Waals surface area (Å²) < 4.78 is 16.8. The molecule has 150 valence electrons. The van der Waals surface area contributed by atoms with Gasteiger partial charge in [0.05, 0.1) is 13.2 Å². The molecule has 0 saturated heterocycles. The van der Waals surface area contributed by atoms with E-state index in [1.807, 2.05) is 49.4 Å². The molecule has 2 heterocycles. The van der Waals surface area contributed by atoms with Gasteiger partial charge in [-0.2, -0.15) is 0 Å². The number of para-hydroxylation sites is 2. The standard InChI is InChI=1S/C22H21ClN2O4/c1-2-27-19-5-3-4-6-20(19)28-14-21(26)25-12-11-17-18(13-25)24-29-22(17)15-7-9-16(23)10-8-15/h3-10H,2,11-14H2,1H3. The molecule has 0 spiro atoms. The second-order valence-corrected chi connectivity index (χ2v) is 7.11. The van der Waals surface area contributed by atoms with Crippen molar-refractivity contribution in [2.24, 2.45) is 0 Å². The first-order valence-electron chi connectivity index (χ1n) is 9.51. The summed E-state index contributed by atoms with van der Waals surface area (Å²) in [7, 11) is 0. The smallest absolute Gasteiger partial charge is 0.260 e. The lowest BCUT2D eigenvalue weighted by Crippen LogP contribution is -2.38. The highest BCUT2D eigenvalue weighted by Gasteiger charge is 2.27. The lowest BCUT2D eigenvalue weighted by Gasteiger charge is -2.26. The Kier molecular flexibility index (Phi) is 5.71. The predicted octanol–water partition coefficient (Wildman–Crippen LogP) is 4.36.